The van der Waals surface area contributed by atoms with E-state index in [2.05, 4.69) is 30.3 Å². The Hall–Kier alpha value is -2.42. The van der Waals surface area contributed by atoms with E-state index in [0.29, 0.717) is 0 Å². The number of halogens is 1. The van der Waals surface area contributed by atoms with E-state index in [4.69, 9.17) is 16.0 Å². The van der Waals surface area contributed by atoms with Gasteiger partial charge in [0.25, 0.3) is 0 Å². The average molecular weight is 363 g/mol. The van der Waals surface area contributed by atoms with Crippen LogP contribution in [-0.2, 0) is 0 Å². The van der Waals surface area contributed by atoms with E-state index in [1.54, 1.807) is 11.8 Å². The molecule has 0 N–H and O–H groups in total. The minimum Gasteiger partial charge on any atom is -0.455 e. The van der Waals surface area contributed by atoms with E-state index in [9.17, 15) is 0 Å². The summed E-state index contributed by atoms with van der Waals surface area (Å²) in [5, 5.41) is 0.744. The van der Waals surface area contributed by atoms with Gasteiger partial charge in [-0.1, -0.05) is 96.2 Å². The van der Waals surface area contributed by atoms with Crippen LogP contribution in [0.5, 0.6) is 0 Å². The van der Waals surface area contributed by atoms with Crippen molar-refractivity contribution in [3.05, 3.63) is 96.0 Å². The highest BCUT2D eigenvalue weighted by Gasteiger charge is 2.16. The molecule has 0 saturated heterocycles. The van der Waals surface area contributed by atoms with Crippen molar-refractivity contribution in [2.45, 2.75) is 9.79 Å². The van der Waals surface area contributed by atoms with Crippen molar-refractivity contribution >= 4 is 23.4 Å². The van der Waals surface area contributed by atoms with Gasteiger partial charge in [-0.05, 0) is 18.2 Å². The molecule has 0 bridgehead atoms. The minimum atomic E-state index is 0.744. The average Bonchev–Trinajstić information content (AvgIpc) is 3.09. The Labute approximate surface area is 156 Å². The predicted molar refractivity (Wildman–Crippen MR) is 105 cm³/mol. The summed E-state index contributed by atoms with van der Waals surface area (Å²) in [5.74, 6) is 1.72. The van der Waals surface area contributed by atoms with Crippen molar-refractivity contribution < 1.29 is 4.42 Å². The van der Waals surface area contributed by atoms with E-state index in [1.807, 2.05) is 60.7 Å². The molecule has 3 heteroatoms. The lowest BCUT2D eigenvalue weighted by Crippen LogP contribution is -1.78. The second-order valence-electron chi connectivity index (χ2n) is 5.57. The van der Waals surface area contributed by atoms with Crippen molar-refractivity contribution in [1.29, 1.82) is 0 Å². The highest BCUT2D eigenvalue weighted by molar-refractivity contribution is 7.99. The van der Waals surface area contributed by atoms with Gasteiger partial charge in [0.1, 0.15) is 11.5 Å². The Balaban J connectivity index is 1.81. The molecule has 0 spiro atoms. The normalized spacial score (nSPS) is 10.8. The molecule has 0 fully saturated rings. The number of rotatable bonds is 4. The highest BCUT2D eigenvalue weighted by Crippen LogP contribution is 2.42. The van der Waals surface area contributed by atoms with E-state index in [-0.39, 0.29) is 0 Å². The van der Waals surface area contributed by atoms with Crippen LogP contribution in [0.3, 0.4) is 0 Å². The van der Waals surface area contributed by atoms with Gasteiger partial charge in [0, 0.05) is 16.0 Å². The second kappa shape index (κ2) is 7.22. The summed E-state index contributed by atoms with van der Waals surface area (Å²) in [4.78, 5) is 2.07. The zero-order valence-electron chi connectivity index (χ0n) is 13.4. The third-order valence-electron chi connectivity index (χ3n) is 3.85. The van der Waals surface area contributed by atoms with Crippen molar-refractivity contribution in [2.75, 3.05) is 0 Å². The van der Waals surface area contributed by atoms with E-state index >= 15 is 0 Å². The lowest BCUT2D eigenvalue weighted by Gasteiger charge is -2.04. The fourth-order valence-electron chi connectivity index (χ4n) is 2.63. The Morgan fingerprint density at radius 2 is 1.24 bits per heavy atom. The fraction of sp³-hybridized carbons (Fsp3) is 0. The van der Waals surface area contributed by atoms with Crippen LogP contribution in [-0.4, -0.2) is 0 Å². The fourth-order valence-corrected chi connectivity index (χ4v) is 3.85. The molecule has 0 atom stereocenters. The standard InChI is InChI=1S/C22H15ClOS/c23-18-13-7-8-14-20(18)25-21-15-19(16-9-3-1-4-10-16)24-22(21)17-11-5-2-6-12-17/h1-15H. The van der Waals surface area contributed by atoms with Crippen LogP contribution in [0, 0.1) is 0 Å². The molecule has 3 aromatic carbocycles. The molecule has 0 radical (unpaired) electrons. The van der Waals surface area contributed by atoms with Crippen LogP contribution >= 0.6 is 23.4 Å². The zero-order chi connectivity index (χ0) is 17.1. The SMILES string of the molecule is Clc1ccccc1Sc1cc(-c2ccccc2)oc1-c1ccccc1. The molecule has 0 aliphatic carbocycles. The van der Waals surface area contributed by atoms with E-state index in [1.165, 1.54) is 0 Å². The minimum absolute atomic E-state index is 0.744. The summed E-state index contributed by atoms with van der Waals surface area (Å²) in [7, 11) is 0. The summed E-state index contributed by atoms with van der Waals surface area (Å²) in [6.07, 6.45) is 0. The first-order valence-corrected chi connectivity index (χ1v) is 9.18. The molecule has 122 valence electrons. The van der Waals surface area contributed by atoms with Crippen LogP contribution in [0.1, 0.15) is 0 Å². The second-order valence-corrected chi connectivity index (χ2v) is 7.06. The maximum Gasteiger partial charge on any atom is 0.148 e. The van der Waals surface area contributed by atoms with Gasteiger partial charge >= 0.3 is 0 Å². The molecule has 0 saturated carbocycles. The van der Waals surface area contributed by atoms with Crippen LogP contribution in [0.2, 0.25) is 5.02 Å². The van der Waals surface area contributed by atoms with E-state index < -0.39 is 0 Å². The Kier molecular flexibility index (Phi) is 4.64. The topological polar surface area (TPSA) is 13.1 Å². The monoisotopic (exact) mass is 362 g/mol. The molecule has 1 nitrogen and oxygen atoms in total. The zero-order valence-corrected chi connectivity index (χ0v) is 14.9. The summed E-state index contributed by atoms with van der Waals surface area (Å²) in [6.45, 7) is 0. The number of hydrogen-bond donors (Lipinski definition) is 0. The molecule has 4 aromatic rings. The molecular weight excluding hydrogens is 348 g/mol. The lowest BCUT2D eigenvalue weighted by atomic mass is 10.1. The van der Waals surface area contributed by atoms with Gasteiger partial charge in [-0.3, -0.25) is 0 Å². The highest BCUT2D eigenvalue weighted by atomic mass is 35.5. The number of hydrogen-bond acceptors (Lipinski definition) is 2. The molecule has 0 amide bonds. The van der Waals surface area contributed by atoms with Crippen molar-refractivity contribution in [3.8, 4) is 22.6 Å². The molecule has 4 rings (SSSR count). The quantitative estimate of drug-likeness (QED) is 0.374. The van der Waals surface area contributed by atoms with Crippen LogP contribution < -0.4 is 0 Å². The number of benzene rings is 3. The van der Waals surface area contributed by atoms with Crippen LogP contribution in [0.25, 0.3) is 22.6 Å². The van der Waals surface area contributed by atoms with Gasteiger partial charge in [-0.2, -0.15) is 0 Å². The molecule has 1 heterocycles. The van der Waals surface area contributed by atoms with Gasteiger partial charge in [-0.15, -0.1) is 0 Å². The lowest BCUT2D eigenvalue weighted by molar-refractivity contribution is 0.592. The molecule has 0 unspecified atom stereocenters. The third-order valence-corrected chi connectivity index (χ3v) is 5.39. The van der Waals surface area contributed by atoms with Crippen molar-refractivity contribution in [3.63, 3.8) is 0 Å². The summed E-state index contributed by atoms with van der Waals surface area (Å²) < 4.78 is 6.24. The van der Waals surface area contributed by atoms with Gasteiger partial charge in [-0.25, -0.2) is 0 Å². The predicted octanol–water partition coefficient (Wildman–Crippen LogP) is 7.42. The van der Waals surface area contributed by atoms with Crippen LogP contribution in [0.15, 0.2) is 105 Å². The smallest absolute Gasteiger partial charge is 0.148 e. The van der Waals surface area contributed by atoms with Gasteiger partial charge in [0.05, 0.1) is 9.92 Å². The molecular formula is C22H15ClOS. The van der Waals surface area contributed by atoms with Gasteiger partial charge < -0.3 is 4.42 Å². The maximum absolute atomic E-state index is 6.34. The van der Waals surface area contributed by atoms with Gasteiger partial charge in [0.15, 0.2) is 0 Å². The van der Waals surface area contributed by atoms with Crippen molar-refractivity contribution in [1.82, 2.24) is 0 Å². The largest absolute Gasteiger partial charge is 0.455 e. The first-order chi connectivity index (χ1) is 12.3. The van der Waals surface area contributed by atoms with Crippen molar-refractivity contribution in [2.24, 2.45) is 0 Å². The Bertz CT molecular complexity index is 977. The summed E-state index contributed by atoms with van der Waals surface area (Å²) >= 11 is 7.97. The molecule has 0 aliphatic rings. The molecule has 25 heavy (non-hydrogen) atoms. The van der Waals surface area contributed by atoms with Gasteiger partial charge in [0.2, 0.25) is 0 Å². The molecule has 0 aliphatic heterocycles. The first kappa shape index (κ1) is 16.1. The van der Waals surface area contributed by atoms with Crippen LogP contribution in [0.4, 0.5) is 0 Å². The Morgan fingerprint density at radius 1 is 0.640 bits per heavy atom. The maximum atomic E-state index is 6.34. The first-order valence-electron chi connectivity index (χ1n) is 7.98. The summed E-state index contributed by atoms with van der Waals surface area (Å²) in [5.41, 5.74) is 2.12. The Morgan fingerprint density at radius 3 is 1.92 bits per heavy atom. The molecule has 1 aromatic heterocycles. The third kappa shape index (κ3) is 3.51. The summed E-state index contributed by atoms with van der Waals surface area (Å²) in [6, 6.07) is 30.3. The number of furan rings is 1. The van der Waals surface area contributed by atoms with E-state index in [0.717, 1.165) is 37.5 Å².